The topological polar surface area (TPSA) is 121 Å². The lowest BCUT2D eigenvalue weighted by Gasteiger charge is -2.25. The molecule has 11 heteroatoms. The fourth-order valence-corrected chi connectivity index (χ4v) is 3.52. The van der Waals surface area contributed by atoms with Gasteiger partial charge in [0.1, 0.15) is 28.6 Å². The Hall–Kier alpha value is -4.54. The lowest BCUT2D eigenvalue weighted by Crippen LogP contribution is -2.35. The zero-order chi connectivity index (χ0) is 27.6. The molecule has 0 atom stereocenters. The number of hydrogen-bond acceptors (Lipinski definition) is 8. The van der Waals surface area contributed by atoms with E-state index in [9.17, 15) is 14.4 Å². The highest BCUT2D eigenvalue weighted by Crippen LogP contribution is 2.33. The van der Waals surface area contributed by atoms with Gasteiger partial charge in [-0.1, -0.05) is 0 Å². The third-order valence-corrected chi connectivity index (χ3v) is 5.10. The molecule has 0 aliphatic carbocycles. The second kappa shape index (κ2) is 10.4. The third kappa shape index (κ3) is 6.41. The average Bonchev–Trinajstić information content (AvgIpc) is 3.28. The highest BCUT2D eigenvalue weighted by molar-refractivity contribution is 6.04. The van der Waals surface area contributed by atoms with E-state index in [1.54, 1.807) is 64.2 Å². The molecule has 0 unspecified atom stereocenters. The van der Waals surface area contributed by atoms with Gasteiger partial charge in [-0.25, -0.2) is 4.79 Å². The van der Waals surface area contributed by atoms with E-state index in [0.29, 0.717) is 28.6 Å². The summed E-state index contributed by atoms with van der Waals surface area (Å²) in [6.45, 7) is 9.12. The Morgan fingerprint density at radius 1 is 1.05 bits per heavy atom. The predicted molar refractivity (Wildman–Crippen MR) is 138 cm³/mol. The summed E-state index contributed by atoms with van der Waals surface area (Å²) in [4.78, 5) is 39.1. The normalized spacial score (nSPS) is 13.0. The number of nitrogens with one attached hydrogen (secondary N) is 1. The van der Waals surface area contributed by atoms with Crippen LogP contribution in [0.2, 0.25) is 0 Å². The highest BCUT2D eigenvalue weighted by Gasteiger charge is 2.24. The molecular weight excluding hydrogens is 492 g/mol. The van der Waals surface area contributed by atoms with Crippen LogP contribution in [-0.4, -0.2) is 58.1 Å². The molecule has 1 aliphatic heterocycles. The quantitative estimate of drug-likeness (QED) is 0.484. The maximum atomic E-state index is 13.1. The van der Waals surface area contributed by atoms with Gasteiger partial charge < -0.3 is 29.2 Å². The van der Waals surface area contributed by atoms with Gasteiger partial charge in [0.2, 0.25) is 0 Å². The lowest BCUT2D eigenvalue weighted by molar-refractivity contribution is 0.0513. The summed E-state index contributed by atoms with van der Waals surface area (Å²) in [6.07, 6.45) is 0.589. The number of aromatic nitrogens is 2. The van der Waals surface area contributed by atoms with Gasteiger partial charge in [0, 0.05) is 37.0 Å². The molecule has 0 fully saturated rings. The van der Waals surface area contributed by atoms with Crippen molar-refractivity contribution in [3.8, 4) is 23.0 Å². The zero-order valence-electron chi connectivity index (χ0n) is 22.1. The molecular formula is C27H30N4O7. The zero-order valence-corrected chi connectivity index (χ0v) is 22.1. The Morgan fingerprint density at radius 2 is 1.79 bits per heavy atom. The molecule has 4 rings (SSSR count). The van der Waals surface area contributed by atoms with Crippen LogP contribution >= 0.6 is 0 Å². The standard InChI is InChI=1S/C27H30N4O7/c1-16(2)36-19-11-17(24(32)28-23-9-10-31(29-23)26(34)38-27(3,4)5)12-20(13-19)37-18-7-8-21-22(14-18)35-15-30(6)25(21)33/h7-14,16H,15H2,1-6H3,(H,28,29,32). The summed E-state index contributed by atoms with van der Waals surface area (Å²) in [7, 11) is 1.66. The molecule has 11 nitrogen and oxygen atoms in total. The summed E-state index contributed by atoms with van der Waals surface area (Å²) < 4.78 is 23.7. The molecule has 2 amide bonds. The van der Waals surface area contributed by atoms with E-state index in [4.69, 9.17) is 18.9 Å². The van der Waals surface area contributed by atoms with E-state index in [1.807, 2.05) is 13.8 Å². The van der Waals surface area contributed by atoms with Crippen molar-refractivity contribution < 1.29 is 33.3 Å². The molecule has 3 aromatic rings. The van der Waals surface area contributed by atoms with Gasteiger partial charge >= 0.3 is 6.09 Å². The summed E-state index contributed by atoms with van der Waals surface area (Å²) in [5, 5.41) is 6.74. The second-order valence-electron chi connectivity index (χ2n) is 9.98. The largest absolute Gasteiger partial charge is 0.491 e. The predicted octanol–water partition coefficient (Wildman–Crippen LogP) is 4.92. The summed E-state index contributed by atoms with van der Waals surface area (Å²) in [5.74, 6) is 1.14. The molecule has 1 N–H and O–H groups in total. The SMILES string of the molecule is CC(C)Oc1cc(Oc2ccc3c(c2)OCN(C)C3=O)cc(C(=O)Nc2ccn(C(=O)OC(C)(C)C)n2)c1. The van der Waals surface area contributed by atoms with Crippen molar-refractivity contribution in [2.24, 2.45) is 0 Å². The lowest BCUT2D eigenvalue weighted by atomic mass is 10.1. The Kier molecular flexibility index (Phi) is 7.29. The van der Waals surface area contributed by atoms with Crippen LogP contribution in [0.15, 0.2) is 48.7 Å². The number of carbonyl (C=O) groups is 3. The van der Waals surface area contributed by atoms with E-state index in [-0.39, 0.29) is 30.1 Å². The van der Waals surface area contributed by atoms with Crippen LogP contribution in [0.4, 0.5) is 10.6 Å². The van der Waals surface area contributed by atoms with E-state index < -0.39 is 17.6 Å². The minimum absolute atomic E-state index is 0.140. The van der Waals surface area contributed by atoms with Crippen molar-refractivity contribution >= 4 is 23.7 Å². The number of rotatable bonds is 6. The molecule has 1 aliphatic rings. The minimum atomic E-state index is -0.685. The van der Waals surface area contributed by atoms with Crippen LogP contribution < -0.4 is 19.5 Å². The molecule has 200 valence electrons. The summed E-state index contributed by atoms with van der Waals surface area (Å²) >= 11 is 0. The number of carbonyl (C=O) groups excluding carboxylic acids is 3. The molecule has 0 spiro atoms. The van der Waals surface area contributed by atoms with E-state index >= 15 is 0 Å². The van der Waals surface area contributed by atoms with Crippen LogP contribution in [0.3, 0.4) is 0 Å². The molecule has 2 aromatic carbocycles. The van der Waals surface area contributed by atoms with Crippen molar-refractivity contribution in [2.75, 3.05) is 19.1 Å². The highest BCUT2D eigenvalue weighted by atomic mass is 16.6. The first-order chi connectivity index (χ1) is 17.9. The van der Waals surface area contributed by atoms with Crippen LogP contribution in [0, 0.1) is 0 Å². The van der Waals surface area contributed by atoms with Gasteiger partial charge in [0.25, 0.3) is 11.8 Å². The number of amides is 2. The maximum absolute atomic E-state index is 13.1. The van der Waals surface area contributed by atoms with Gasteiger partial charge in [-0.2, -0.15) is 4.68 Å². The minimum Gasteiger partial charge on any atom is -0.491 e. The van der Waals surface area contributed by atoms with Crippen LogP contribution in [0.5, 0.6) is 23.0 Å². The Labute approximate surface area is 220 Å². The van der Waals surface area contributed by atoms with Crippen molar-refractivity contribution in [2.45, 2.75) is 46.3 Å². The number of ether oxygens (including phenoxy) is 4. The van der Waals surface area contributed by atoms with Crippen LogP contribution in [-0.2, 0) is 4.74 Å². The molecule has 2 heterocycles. The van der Waals surface area contributed by atoms with E-state index in [1.165, 1.54) is 17.2 Å². The summed E-state index contributed by atoms with van der Waals surface area (Å²) in [6, 6.07) is 11.2. The molecule has 1 aromatic heterocycles. The van der Waals surface area contributed by atoms with Crippen molar-refractivity contribution in [3.05, 3.63) is 59.8 Å². The number of hydrogen-bond donors (Lipinski definition) is 1. The van der Waals surface area contributed by atoms with Crippen molar-refractivity contribution in [1.82, 2.24) is 14.7 Å². The number of anilines is 1. The summed E-state index contributed by atoms with van der Waals surface area (Å²) in [5.41, 5.74) is 0.000290. The smallest absolute Gasteiger partial charge is 0.435 e. The van der Waals surface area contributed by atoms with Gasteiger partial charge in [-0.3, -0.25) is 9.59 Å². The fraction of sp³-hybridized carbons (Fsp3) is 0.333. The monoisotopic (exact) mass is 522 g/mol. The van der Waals surface area contributed by atoms with Crippen molar-refractivity contribution in [1.29, 1.82) is 0 Å². The number of fused-ring (bicyclic) bond motifs is 1. The average molecular weight is 523 g/mol. The van der Waals surface area contributed by atoms with E-state index in [2.05, 4.69) is 10.4 Å². The van der Waals surface area contributed by atoms with Gasteiger partial charge in [0.05, 0.1) is 11.7 Å². The third-order valence-electron chi connectivity index (χ3n) is 5.10. The molecule has 38 heavy (non-hydrogen) atoms. The first-order valence-electron chi connectivity index (χ1n) is 12.0. The van der Waals surface area contributed by atoms with Gasteiger partial charge in [-0.15, -0.1) is 5.10 Å². The molecule has 0 bridgehead atoms. The Morgan fingerprint density at radius 3 is 2.50 bits per heavy atom. The van der Waals surface area contributed by atoms with E-state index in [0.717, 1.165) is 4.68 Å². The van der Waals surface area contributed by atoms with Crippen LogP contribution in [0.1, 0.15) is 55.3 Å². The van der Waals surface area contributed by atoms with Crippen LogP contribution in [0.25, 0.3) is 0 Å². The molecule has 0 radical (unpaired) electrons. The molecule has 0 saturated heterocycles. The Bertz CT molecular complexity index is 1370. The first kappa shape index (κ1) is 26.5. The Balaban J connectivity index is 1.55. The van der Waals surface area contributed by atoms with Gasteiger partial charge in [0.15, 0.2) is 12.5 Å². The molecule has 0 saturated carbocycles. The number of benzene rings is 2. The fourth-order valence-electron chi connectivity index (χ4n) is 3.52. The number of nitrogens with zero attached hydrogens (tertiary/aromatic N) is 3. The van der Waals surface area contributed by atoms with Gasteiger partial charge in [-0.05, 0) is 58.9 Å². The van der Waals surface area contributed by atoms with Crippen molar-refractivity contribution in [3.63, 3.8) is 0 Å². The maximum Gasteiger partial charge on any atom is 0.435 e. The first-order valence-corrected chi connectivity index (χ1v) is 12.0. The second-order valence-corrected chi connectivity index (χ2v) is 9.98.